The highest BCUT2D eigenvalue weighted by Gasteiger charge is 2.08. The number of nitrogens with one attached hydrogen (secondary N) is 1. The summed E-state index contributed by atoms with van der Waals surface area (Å²) in [5.41, 5.74) is 3.63. The normalized spacial score (nSPS) is 10.0. The lowest BCUT2D eigenvalue weighted by atomic mass is 10.1. The third-order valence-corrected chi connectivity index (χ3v) is 2.67. The third kappa shape index (κ3) is 2.72. The van der Waals surface area contributed by atoms with Crippen LogP contribution >= 0.6 is 0 Å². The molecule has 0 aliphatic carbocycles. The molecule has 0 atom stereocenters. The monoisotopic (exact) mass is 225 g/mol. The minimum atomic E-state index is -0.0580. The molecule has 1 N–H and O–H groups in total. The molecule has 2 rings (SSSR count). The Morgan fingerprint density at radius 3 is 2.41 bits per heavy atom. The van der Waals surface area contributed by atoms with Crippen LogP contribution in [0.4, 0.5) is 5.69 Å². The fourth-order valence-electron chi connectivity index (χ4n) is 1.70. The van der Waals surface area contributed by atoms with E-state index in [4.69, 9.17) is 0 Å². The van der Waals surface area contributed by atoms with Crippen LogP contribution in [0.25, 0.3) is 0 Å². The molecule has 0 saturated carbocycles. The number of carbonyl (C=O) groups is 1. The smallest absolute Gasteiger partial charge is 0.255 e. The van der Waals surface area contributed by atoms with E-state index in [0.29, 0.717) is 0 Å². The molecule has 0 radical (unpaired) electrons. The van der Waals surface area contributed by atoms with Crippen LogP contribution < -0.4 is 5.32 Å². The van der Waals surface area contributed by atoms with Gasteiger partial charge in [-0.3, -0.25) is 4.79 Å². The van der Waals surface area contributed by atoms with Gasteiger partial charge in [-0.05, 0) is 37.6 Å². The van der Waals surface area contributed by atoms with Gasteiger partial charge in [0.1, 0.15) is 0 Å². The standard InChI is InChI=1S/C15H15NO/c1-11-8-9-12(2)14(10-11)15(17)16-13-6-4-3-5-7-13/h3-10H,1-2H3,(H,16,17). The van der Waals surface area contributed by atoms with E-state index in [1.54, 1.807) is 0 Å². The molecule has 2 nitrogen and oxygen atoms in total. The van der Waals surface area contributed by atoms with Gasteiger partial charge in [0.2, 0.25) is 0 Å². The number of hydrogen-bond donors (Lipinski definition) is 1. The second-order valence-corrected chi connectivity index (χ2v) is 4.14. The Hall–Kier alpha value is -2.09. The molecular weight excluding hydrogens is 210 g/mol. The van der Waals surface area contributed by atoms with Crippen molar-refractivity contribution in [2.45, 2.75) is 13.8 Å². The molecule has 1 amide bonds. The fraction of sp³-hybridized carbons (Fsp3) is 0.133. The molecule has 0 aliphatic rings. The zero-order valence-electron chi connectivity index (χ0n) is 10.0. The van der Waals surface area contributed by atoms with Crippen molar-refractivity contribution in [1.82, 2.24) is 0 Å². The number of anilines is 1. The van der Waals surface area contributed by atoms with Crippen LogP contribution in [-0.2, 0) is 0 Å². The maximum absolute atomic E-state index is 12.1. The van der Waals surface area contributed by atoms with Gasteiger partial charge >= 0.3 is 0 Å². The Morgan fingerprint density at radius 1 is 1.00 bits per heavy atom. The van der Waals surface area contributed by atoms with Crippen LogP contribution in [-0.4, -0.2) is 5.91 Å². The molecule has 0 aliphatic heterocycles. The predicted molar refractivity (Wildman–Crippen MR) is 70.3 cm³/mol. The summed E-state index contributed by atoms with van der Waals surface area (Å²) in [4.78, 5) is 12.1. The van der Waals surface area contributed by atoms with Gasteiger partial charge in [-0.2, -0.15) is 0 Å². The fourth-order valence-corrected chi connectivity index (χ4v) is 1.70. The molecule has 0 spiro atoms. The van der Waals surface area contributed by atoms with Crippen LogP contribution in [0.1, 0.15) is 21.5 Å². The Kier molecular flexibility index (Phi) is 3.24. The number of aryl methyl sites for hydroxylation is 2. The average molecular weight is 225 g/mol. The summed E-state index contributed by atoms with van der Waals surface area (Å²) in [6, 6.07) is 15.4. The number of carbonyl (C=O) groups excluding carboxylic acids is 1. The van der Waals surface area contributed by atoms with E-state index in [1.165, 1.54) is 0 Å². The molecule has 0 fully saturated rings. The van der Waals surface area contributed by atoms with Crippen molar-refractivity contribution in [3.8, 4) is 0 Å². The van der Waals surface area contributed by atoms with Gasteiger partial charge in [-0.15, -0.1) is 0 Å². The summed E-state index contributed by atoms with van der Waals surface area (Å²) < 4.78 is 0. The van der Waals surface area contributed by atoms with Crippen LogP contribution in [0, 0.1) is 13.8 Å². The summed E-state index contributed by atoms with van der Waals surface area (Å²) >= 11 is 0. The summed E-state index contributed by atoms with van der Waals surface area (Å²) in [7, 11) is 0. The van der Waals surface area contributed by atoms with Crippen LogP contribution in [0.2, 0.25) is 0 Å². The van der Waals surface area contributed by atoms with Gasteiger partial charge in [0.15, 0.2) is 0 Å². The van der Waals surface area contributed by atoms with E-state index in [-0.39, 0.29) is 5.91 Å². The van der Waals surface area contributed by atoms with Crippen LogP contribution in [0.5, 0.6) is 0 Å². The molecule has 17 heavy (non-hydrogen) atoms. The molecule has 0 unspecified atom stereocenters. The summed E-state index contributed by atoms with van der Waals surface area (Å²) in [5, 5.41) is 2.89. The Balaban J connectivity index is 2.23. The summed E-state index contributed by atoms with van der Waals surface area (Å²) in [6.07, 6.45) is 0. The Labute approximate surface area is 101 Å². The minimum Gasteiger partial charge on any atom is -0.322 e. The molecule has 2 aromatic rings. The molecule has 0 aromatic heterocycles. The van der Waals surface area contributed by atoms with Crippen molar-refractivity contribution in [3.05, 3.63) is 65.2 Å². The minimum absolute atomic E-state index is 0.0580. The first-order chi connectivity index (χ1) is 8.16. The van der Waals surface area contributed by atoms with Crippen molar-refractivity contribution in [2.24, 2.45) is 0 Å². The lowest BCUT2D eigenvalue weighted by Crippen LogP contribution is -2.13. The lowest BCUT2D eigenvalue weighted by molar-refractivity contribution is 0.102. The SMILES string of the molecule is Cc1ccc(C)c(C(=O)Nc2ccccc2)c1. The highest BCUT2D eigenvalue weighted by molar-refractivity contribution is 6.05. The number of para-hydroxylation sites is 1. The average Bonchev–Trinajstić information content (AvgIpc) is 2.33. The maximum Gasteiger partial charge on any atom is 0.255 e. The van der Waals surface area contributed by atoms with Gasteiger partial charge in [0.05, 0.1) is 0 Å². The molecule has 2 aromatic carbocycles. The predicted octanol–water partition coefficient (Wildman–Crippen LogP) is 3.56. The first-order valence-electron chi connectivity index (χ1n) is 5.60. The molecule has 0 bridgehead atoms. The number of hydrogen-bond acceptors (Lipinski definition) is 1. The van der Waals surface area contributed by atoms with Crippen molar-refractivity contribution < 1.29 is 4.79 Å². The van der Waals surface area contributed by atoms with E-state index in [9.17, 15) is 4.79 Å². The number of rotatable bonds is 2. The van der Waals surface area contributed by atoms with E-state index in [2.05, 4.69) is 5.32 Å². The van der Waals surface area contributed by atoms with Crippen molar-refractivity contribution >= 4 is 11.6 Å². The van der Waals surface area contributed by atoms with Crippen molar-refractivity contribution in [3.63, 3.8) is 0 Å². The zero-order chi connectivity index (χ0) is 12.3. The van der Waals surface area contributed by atoms with Gasteiger partial charge < -0.3 is 5.32 Å². The number of benzene rings is 2. The highest BCUT2D eigenvalue weighted by Crippen LogP contribution is 2.13. The Bertz CT molecular complexity index is 532. The second-order valence-electron chi connectivity index (χ2n) is 4.14. The molecular formula is C15H15NO. The third-order valence-electron chi connectivity index (χ3n) is 2.67. The summed E-state index contributed by atoms with van der Waals surface area (Å²) in [6.45, 7) is 3.93. The van der Waals surface area contributed by atoms with E-state index in [0.717, 1.165) is 22.4 Å². The van der Waals surface area contributed by atoms with E-state index < -0.39 is 0 Å². The largest absolute Gasteiger partial charge is 0.322 e. The topological polar surface area (TPSA) is 29.1 Å². The van der Waals surface area contributed by atoms with E-state index in [1.807, 2.05) is 62.4 Å². The quantitative estimate of drug-likeness (QED) is 0.832. The lowest BCUT2D eigenvalue weighted by Gasteiger charge is -2.08. The second kappa shape index (κ2) is 4.83. The Morgan fingerprint density at radius 2 is 1.71 bits per heavy atom. The molecule has 86 valence electrons. The van der Waals surface area contributed by atoms with Gasteiger partial charge in [0, 0.05) is 11.3 Å². The van der Waals surface area contributed by atoms with Crippen molar-refractivity contribution in [2.75, 3.05) is 5.32 Å². The van der Waals surface area contributed by atoms with Gasteiger partial charge in [-0.25, -0.2) is 0 Å². The zero-order valence-corrected chi connectivity index (χ0v) is 10.0. The first kappa shape index (κ1) is 11.4. The number of amides is 1. The van der Waals surface area contributed by atoms with Gasteiger partial charge in [-0.1, -0.05) is 35.9 Å². The van der Waals surface area contributed by atoms with E-state index >= 15 is 0 Å². The molecule has 0 saturated heterocycles. The highest BCUT2D eigenvalue weighted by atomic mass is 16.1. The first-order valence-corrected chi connectivity index (χ1v) is 5.60. The van der Waals surface area contributed by atoms with Gasteiger partial charge in [0.25, 0.3) is 5.91 Å². The summed E-state index contributed by atoms with van der Waals surface area (Å²) in [5.74, 6) is -0.0580. The van der Waals surface area contributed by atoms with Crippen molar-refractivity contribution in [1.29, 1.82) is 0 Å². The molecule has 0 heterocycles. The van der Waals surface area contributed by atoms with Crippen LogP contribution in [0.3, 0.4) is 0 Å². The molecule has 2 heteroatoms. The maximum atomic E-state index is 12.1. The van der Waals surface area contributed by atoms with Crippen LogP contribution in [0.15, 0.2) is 48.5 Å².